The van der Waals surface area contributed by atoms with Crippen LogP contribution < -0.4 is 10.1 Å². The predicted molar refractivity (Wildman–Crippen MR) is 101 cm³/mol. The smallest absolute Gasteiger partial charge is 0.325 e. The van der Waals surface area contributed by atoms with Crippen molar-refractivity contribution in [2.24, 2.45) is 0 Å². The van der Waals surface area contributed by atoms with E-state index in [1.165, 1.54) is 24.3 Å². The molecule has 1 aliphatic rings. The molecule has 2 aromatic carbocycles. The summed E-state index contributed by atoms with van der Waals surface area (Å²) >= 11 is 12.1. The maximum atomic E-state index is 13.2. The zero-order valence-corrected chi connectivity index (χ0v) is 16.0. The second kappa shape index (κ2) is 7.74. The molecule has 1 heterocycles. The van der Waals surface area contributed by atoms with E-state index in [9.17, 15) is 14.0 Å². The van der Waals surface area contributed by atoms with Crippen molar-refractivity contribution in [3.63, 3.8) is 0 Å². The zero-order valence-electron chi connectivity index (χ0n) is 14.5. The molecule has 0 aromatic heterocycles. The van der Waals surface area contributed by atoms with E-state index in [-0.39, 0.29) is 13.2 Å². The third-order valence-corrected chi connectivity index (χ3v) is 5.12. The zero-order chi connectivity index (χ0) is 19.6. The lowest BCUT2D eigenvalue weighted by Crippen LogP contribution is -2.43. The van der Waals surface area contributed by atoms with Crippen LogP contribution >= 0.6 is 23.2 Å². The van der Waals surface area contributed by atoms with Gasteiger partial charge in [-0.15, -0.1) is 0 Å². The first-order valence-corrected chi connectivity index (χ1v) is 9.11. The van der Waals surface area contributed by atoms with Crippen LogP contribution in [0.3, 0.4) is 0 Å². The van der Waals surface area contributed by atoms with E-state index in [1.807, 2.05) is 0 Å². The number of carbonyl (C=O) groups is 2. The summed E-state index contributed by atoms with van der Waals surface area (Å²) in [5.41, 5.74) is -0.686. The van der Waals surface area contributed by atoms with E-state index in [0.29, 0.717) is 27.8 Å². The summed E-state index contributed by atoms with van der Waals surface area (Å²) in [7, 11) is 0. The van der Waals surface area contributed by atoms with Crippen molar-refractivity contribution in [2.45, 2.75) is 18.9 Å². The van der Waals surface area contributed by atoms with Crippen LogP contribution in [-0.2, 0) is 10.3 Å². The van der Waals surface area contributed by atoms with Gasteiger partial charge in [0.05, 0.1) is 16.6 Å². The first-order valence-electron chi connectivity index (χ1n) is 8.36. The van der Waals surface area contributed by atoms with Gasteiger partial charge in [0.25, 0.3) is 5.91 Å². The first-order chi connectivity index (χ1) is 12.9. The van der Waals surface area contributed by atoms with Gasteiger partial charge in [0.2, 0.25) is 0 Å². The van der Waals surface area contributed by atoms with Crippen LogP contribution in [0.5, 0.6) is 5.75 Å². The lowest BCUT2D eigenvalue weighted by Gasteiger charge is -2.25. The second-order valence-electron chi connectivity index (χ2n) is 6.05. The molecule has 1 fully saturated rings. The van der Waals surface area contributed by atoms with E-state index in [0.717, 1.165) is 4.90 Å². The van der Waals surface area contributed by atoms with Crippen LogP contribution in [0.4, 0.5) is 9.18 Å². The topological polar surface area (TPSA) is 58.6 Å². The van der Waals surface area contributed by atoms with Crippen molar-refractivity contribution in [3.05, 3.63) is 63.9 Å². The summed E-state index contributed by atoms with van der Waals surface area (Å²) < 4.78 is 18.8. The van der Waals surface area contributed by atoms with Crippen LogP contribution in [0.25, 0.3) is 0 Å². The minimum Gasteiger partial charge on any atom is -0.489 e. The highest BCUT2D eigenvalue weighted by atomic mass is 35.5. The number of halogens is 3. The Hall–Kier alpha value is -2.31. The largest absolute Gasteiger partial charge is 0.489 e. The number of nitrogens with zero attached hydrogens (tertiary/aromatic N) is 1. The van der Waals surface area contributed by atoms with Crippen molar-refractivity contribution in [1.29, 1.82) is 0 Å². The fraction of sp³-hybridized carbons (Fsp3) is 0.263. The highest BCUT2D eigenvalue weighted by molar-refractivity contribution is 6.37. The lowest BCUT2D eigenvalue weighted by atomic mass is 9.87. The molecule has 1 atom stereocenters. The number of amides is 3. The van der Waals surface area contributed by atoms with E-state index in [4.69, 9.17) is 27.9 Å². The Bertz CT molecular complexity index is 856. The third kappa shape index (κ3) is 3.59. The maximum Gasteiger partial charge on any atom is 0.325 e. The fourth-order valence-corrected chi connectivity index (χ4v) is 3.57. The minimum absolute atomic E-state index is 0.0230. The monoisotopic (exact) mass is 410 g/mol. The standard InChI is InChI=1S/C19H17Cl2FN2O3/c1-2-19(12-6-8-13(22)9-7-12)17(25)24(18(26)23-19)10-11-27-16-14(20)4-3-5-15(16)21/h3-9H,2,10-11H2,1H3,(H,23,26)/t19-/m0/s1. The third-order valence-electron chi connectivity index (χ3n) is 4.52. The van der Waals surface area contributed by atoms with Crippen LogP contribution in [0.15, 0.2) is 42.5 Å². The molecule has 0 radical (unpaired) electrons. The average Bonchev–Trinajstić information content (AvgIpc) is 2.89. The predicted octanol–water partition coefficient (Wildman–Crippen LogP) is 4.37. The highest BCUT2D eigenvalue weighted by Crippen LogP contribution is 2.34. The highest BCUT2D eigenvalue weighted by Gasteiger charge is 2.51. The van der Waals surface area contributed by atoms with Gasteiger partial charge in [-0.1, -0.05) is 48.3 Å². The molecule has 3 rings (SSSR count). The molecule has 27 heavy (non-hydrogen) atoms. The Morgan fingerprint density at radius 2 is 1.74 bits per heavy atom. The van der Waals surface area contributed by atoms with Gasteiger partial charge < -0.3 is 10.1 Å². The summed E-state index contributed by atoms with van der Waals surface area (Å²) in [5.74, 6) is -0.521. The number of hydrogen-bond acceptors (Lipinski definition) is 3. The molecule has 8 heteroatoms. The number of ether oxygens (including phenoxy) is 1. The molecule has 0 aliphatic carbocycles. The normalized spacial score (nSPS) is 19.3. The number of hydrogen-bond donors (Lipinski definition) is 1. The van der Waals surface area contributed by atoms with Crippen molar-refractivity contribution in [3.8, 4) is 5.75 Å². The van der Waals surface area contributed by atoms with Gasteiger partial charge in [-0.2, -0.15) is 0 Å². The van der Waals surface area contributed by atoms with Gasteiger partial charge in [0.15, 0.2) is 5.75 Å². The Morgan fingerprint density at radius 3 is 2.33 bits per heavy atom. The van der Waals surface area contributed by atoms with Gasteiger partial charge in [0.1, 0.15) is 18.0 Å². The Morgan fingerprint density at radius 1 is 1.11 bits per heavy atom. The maximum absolute atomic E-state index is 13.2. The second-order valence-corrected chi connectivity index (χ2v) is 6.87. The summed E-state index contributed by atoms with van der Waals surface area (Å²) in [6, 6.07) is 9.95. The number of rotatable bonds is 6. The number of nitrogens with one attached hydrogen (secondary N) is 1. The quantitative estimate of drug-likeness (QED) is 0.719. The van der Waals surface area contributed by atoms with Gasteiger partial charge in [-0.3, -0.25) is 9.69 Å². The van der Waals surface area contributed by atoms with Gasteiger partial charge in [-0.25, -0.2) is 9.18 Å². The minimum atomic E-state index is -1.22. The van der Waals surface area contributed by atoms with Gasteiger partial charge in [0, 0.05) is 0 Å². The summed E-state index contributed by atoms with van der Waals surface area (Å²) in [6.45, 7) is 1.84. The molecule has 0 saturated carbocycles. The van der Waals surface area contributed by atoms with Crippen molar-refractivity contribution >= 4 is 35.1 Å². The van der Waals surface area contributed by atoms with E-state index >= 15 is 0 Å². The van der Waals surface area contributed by atoms with Gasteiger partial charge in [-0.05, 0) is 36.2 Å². The van der Waals surface area contributed by atoms with E-state index in [1.54, 1.807) is 25.1 Å². The molecule has 1 aliphatic heterocycles. The summed E-state index contributed by atoms with van der Waals surface area (Å²) in [5, 5.41) is 3.41. The molecule has 1 saturated heterocycles. The van der Waals surface area contributed by atoms with Crippen molar-refractivity contribution < 1.29 is 18.7 Å². The van der Waals surface area contributed by atoms with Gasteiger partial charge >= 0.3 is 6.03 Å². The number of carbonyl (C=O) groups excluding carboxylic acids is 2. The van der Waals surface area contributed by atoms with Crippen LogP contribution in [0.1, 0.15) is 18.9 Å². The molecule has 0 unspecified atom stereocenters. The molecule has 5 nitrogen and oxygen atoms in total. The Labute approximate surface area is 166 Å². The van der Waals surface area contributed by atoms with Crippen LogP contribution in [-0.4, -0.2) is 30.0 Å². The number of benzene rings is 2. The van der Waals surface area contributed by atoms with Crippen molar-refractivity contribution in [1.82, 2.24) is 10.2 Å². The Balaban J connectivity index is 1.75. The molecule has 2 aromatic rings. The molecule has 0 bridgehead atoms. The van der Waals surface area contributed by atoms with Crippen LogP contribution in [0.2, 0.25) is 10.0 Å². The summed E-state index contributed by atoms with van der Waals surface area (Å²) in [6.07, 6.45) is 0.330. The average molecular weight is 411 g/mol. The summed E-state index contributed by atoms with van der Waals surface area (Å²) in [4.78, 5) is 26.4. The molecule has 3 amide bonds. The number of imide groups is 1. The molecular formula is C19H17Cl2FN2O3. The Kier molecular flexibility index (Phi) is 5.58. The molecule has 142 valence electrons. The SMILES string of the molecule is CC[C@@]1(c2ccc(F)cc2)NC(=O)N(CCOc2c(Cl)cccc2Cl)C1=O. The van der Waals surface area contributed by atoms with E-state index < -0.39 is 23.3 Å². The number of para-hydroxylation sites is 1. The lowest BCUT2D eigenvalue weighted by molar-refractivity contribution is -0.132. The fourth-order valence-electron chi connectivity index (χ4n) is 3.06. The van der Waals surface area contributed by atoms with Crippen molar-refractivity contribution in [2.75, 3.05) is 13.2 Å². The molecule has 1 N–H and O–H groups in total. The van der Waals surface area contributed by atoms with Crippen LogP contribution in [0, 0.1) is 5.82 Å². The number of urea groups is 1. The van der Waals surface area contributed by atoms with E-state index in [2.05, 4.69) is 5.32 Å². The molecule has 0 spiro atoms. The molecular weight excluding hydrogens is 394 g/mol. The first kappa shape index (κ1) is 19.5.